The Kier molecular flexibility index (Phi) is 6.59. The van der Waals surface area contributed by atoms with Crippen molar-refractivity contribution in [1.29, 1.82) is 0 Å². The zero-order chi connectivity index (χ0) is 24.7. The Morgan fingerprint density at radius 1 is 1.15 bits per heavy atom. The van der Waals surface area contributed by atoms with Crippen LogP contribution in [-0.2, 0) is 33.0 Å². The number of halogens is 1. The van der Waals surface area contributed by atoms with Crippen LogP contribution in [0, 0.1) is 0 Å². The molecule has 0 unspecified atom stereocenters. The number of rotatable bonds is 6. The molecular formula is C25H26ClN3O3S2. The van der Waals surface area contributed by atoms with E-state index in [9.17, 15) is 13.2 Å². The number of benzene rings is 2. The van der Waals surface area contributed by atoms with Gasteiger partial charge in [-0.25, -0.2) is 13.4 Å². The lowest BCUT2D eigenvalue weighted by molar-refractivity contribution is -0.115. The van der Waals surface area contributed by atoms with Gasteiger partial charge >= 0.3 is 0 Å². The number of hydrogen-bond donors (Lipinski definition) is 1. The molecule has 2 aromatic heterocycles. The lowest BCUT2D eigenvalue weighted by Crippen LogP contribution is -2.15. The first-order valence-corrected chi connectivity index (χ1v) is 13.9. The molecule has 0 bridgehead atoms. The van der Waals surface area contributed by atoms with E-state index in [0.717, 1.165) is 22.2 Å². The summed E-state index contributed by atoms with van der Waals surface area (Å²) in [4.78, 5) is 17.7. The Balaban J connectivity index is 1.64. The normalized spacial score (nSPS) is 12.3. The van der Waals surface area contributed by atoms with Crippen LogP contribution in [-0.4, -0.2) is 30.1 Å². The van der Waals surface area contributed by atoms with E-state index in [0.29, 0.717) is 27.2 Å². The molecule has 1 amide bonds. The molecule has 4 rings (SSSR count). The minimum absolute atomic E-state index is 0.0914. The first kappa shape index (κ1) is 24.4. The lowest BCUT2D eigenvalue weighted by Gasteiger charge is -2.14. The number of carbonyl (C=O) groups excluding carboxylic acids is 1. The highest BCUT2D eigenvalue weighted by atomic mass is 35.5. The lowest BCUT2D eigenvalue weighted by atomic mass is 9.93. The molecule has 0 radical (unpaired) electrons. The van der Waals surface area contributed by atoms with E-state index in [4.69, 9.17) is 11.6 Å². The van der Waals surface area contributed by atoms with Gasteiger partial charge in [0.05, 0.1) is 17.0 Å². The Morgan fingerprint density at radius 2 is 1.88 bits per heavy atom. The standard InChI is InChI=1S/C25H26ClN3O3S2/c1-25(2,3)22-15-33-24(27-22)28-23(30)11-17-14-29(20-10-9-18(26)12-19(17)20)13-16-7-5-6-8-21(16)34(4,31)32/h5-10,12,14-15H,11,13H2,1-4H3,(H,27,28,30). The van der Waals surface area contributed by atoms with Crippen molar-refractivity contribution in [1.82, 2.24) is 9.55 Å². The van der Waals surface area contributed by atoms with Crippen LogP contribution in [0.3, 0.4) is 0 Å². The largest absolute Gasteiger partial charge is 0.343 e. The molecule has 34 heavy (non-hydrogen) atoms. The van der Waals surface area contributed by atoms with Gasteiger partial charge in [-0.15, -0.1) is 11.3 Å². The number of amides is 1. The maximum atomic E-state index is 12.9. The van der Waals surface area contributed by atoms with Crippen molar-refractivity contribution < 1.29 is 13.2 Å². The van der Waals surface area contributed by atoms with Gasteiger partial charge in [0, 0.05) is 45.7 Å². The number of fused-ring (bicyclic) bond motifs is 1. The fourth-order valence-electron chi connectivity index (χ4n) is 3.81. The summed E-state index contributed by atoms with van der Waals surface area (Å²) in [5, 5.41) is 6.85. The van der Waals surface area contributed by atoms with Crippen molar-refractivity contribution >= 4 is 54.7 Å². The van der Waals surface area contributed by atoms with Gasteiger partial charge < -0.3 is 9.88 Å². The van der Waals surface area contributed by atoms with E-state index in [2.05, 4.69) is 31.1 Å². The molecular weight excluding hydrogens is 490 g/mol. The zero-order valence-electron chi connectivity index (χ0n) is 19.4. The molecule has 0 aliphatic heterocycles. The van der Waals surface area contributed by atoms with Gasteiger partial charge in [0.15, 0.2) is 15.0 Å². The first-order valence-electron chi connectivity index (χ1n) is 10.7. The van der Waals surface area contributed by atoms with Crippen LogP contribution in [0.5, 0.6) is 0 Å². The smallest absolute Gasteiger partial charge is 0.230 e. The van der Waals surface area contributed by atoms with E-state index in [-0.39, 0.29) is 17.7 Å². The third-order valence-electron chi connectivity index (χ3n) is 5.51. The highest BCUT2D eigenvalue weighted by molar-refractivity contribution is 7.90. The second-order valence-corrected chi connectivity index (χ2v) is 12.6. The highest BCUT2D eigenvalue weighted by Crippen LogP contribution is 2.29. The summed E-state index contributed by atoms with van der Waals surface area (Å²) in [5.41, 5.74) is 3.21. The van der Waals surface area contributed by atoms with E-state index >= 15 is 0 Å². The minimum atomic E-state index is -3.37. The molecule has 2 heterocycles. The minimum Gasteiger partial charge on any atom is -0.343 e. The molecule has 0 aliphatic carbocycles. The molecule has 0 saturated heterocycles. The van der Waals surface area contributed by atoms with Crippen LogP contribution >= 0.6 is 22.9 Å². The second kappa shape index (κ2) is 9.17. The number of thiazole rings is 1. The molecule has 1 N–H and O–H groups in total. The highest BCUT2D eigenvalue weighted by Gasteiger charge is 2.20. The van der Waals surface area contributed by atoms with Crippen molar-refractivity contribution in [3.8, 4) is 0 Å². The predicted molar refractivity (Wildman–Crippen MR) is 139 cm³/mol. The summed E-state index contributed by atoms with van der Waals surface area (Å²) in [7, 11) is -3.37. The van der Waals surface area contributed by atoms with Crippen LogP contribution in [0.1, 0.15) is 37.6 Å². The second-order valence-electron chi connectivity index (χ2n) is 9.34. The van der Waals surface area contributed by atoms with Gasteiger partial charge in [-0.2, -0.15) is 0 Å². The maximum absolute atomic E-state index is 12.9. The summed E-state index contributed by atoms with van der Waals surface area (Å²) in [6, 6.07) is 12.5. The van der Waals surface area contributed by atoms with Crippen LogP contribution < -0.4 is 5.32 Å². The molecule has 0 atom stereocenters. The van der Waals surface area contributed by atoms with Gasteiger partial charge in [0.1, 0.15) is 0 Å². The van der Waals surface area contributed by atoms with Gasteiger partial charge in [0.25, 0.3) is 0 Å². The summed E-state index contributed by atoms with van der Waals surface area (Å²) in [6.45, 7) is 6.58. The van der Waals surface area contributed by atoms with Crippen molar-refractivity contribution in [3.05, 3.63) is 75.9 Å². The number of sulfone groups is 1. The monoisotopic (exact) mass is 515 g/mol. The zero-order valence-corrected chi connectivity index (χ0v) is 21.8. The summed E-state index contributed by atoms with van der Waals surface area (Å²) in [6.07, 6.45) is 3.24. The number of aromatic nitrogens is 2. The topological polar surface area (TPSA) is 81.1 Å². The fourth-order valence-corrected chi connectivity index (χ4v) is 5.87. The Hall–Kier alpha value is -2.68. The van der Waals surface area contributed by atoms with Crippen LogP contribution in [0.2, 0.25) is 5.02 Å². The van der Waals surface area contributed by atoms with E-state index < -0.39 is 9.84 Å². The number of nitrogens with one attached hydrogen (secondary N) is 1. The number of hydrogen-bond acceptors (Lipinski definition) is 5. The third-order valence-corrected chi connectivity index (χ3v) is 7.70. The SMILES string of the molecule is CC(C)(C)c1csc(NC(=O)Cc2cn(Cc3ccccc3S(C)(=O)=O)c3ccc(Cl)cc23)n1. The average Bonchev–Trinajstić information content (AvgIpc) is 3.33. The van der Waals surface area contributed by atoms with Crippen molar-refractivity contribution in [3.63, 3.8) is 0 Å². The molecule has 0 fully saturated rings. The summed E-state index contributed by atoms with van der Waals surface area (Å²) < 4.78 is 26.5. The summed E-state index contributed by atoms with van der Waals surface area (Å²) >= 11 is 7.67. The van der Waals surface area contributed by atoms with E-state index in [1.807, 2.05) is 34.3 Å². The maximum Gasteiger partial charge on any atom is 0.230 e. The molecule has 0 spiro atoms. The number of carbonyl (C=O) groups is 1. The third kappa shape index (κ3) is 5.35. The van der Waals surface area contributed by atoms with Gasteiger partial charge in [-0.3, -0.25) is 4.79 Å². The van der Waals surface area contributed by atoms with Gasteiger partial charge in [-0.05, 0) is 35.4 Å². The molecule has 0 saturated carbocycles. The van der Waals surface area contributed by atoms with Gasteiger partial charge in [-0.1, -0.05) is 50.6 Å². The predicted octanol–water partition coefficient (Wildman–Crippen LogP) is 5.68. The van der Waals surface area contributed by atoms with Gasteiger partial charge in [0.2, 0.25) is 5.91 Å². The fraction of sp³-hybridized carbons (Fsp3) is 0.280. The Bertz CT molecular complexity index is 1480. The van der Waals surface area contributed by atoms with Crippen LogP contribution in [0.25, 0.3) is 10.9 Å². The molecule has 178 valence electrons. The molecule has 2 aromatic carbocycles. The van der Waals surface area contributed by atoms with Crippen molar-refractivity contribution in [2.75, 3.05) is 11.6 Å². The van der Waals surface area contributed by atoms with Crippen LogP contribution in [0.15, 0.2) is 58.9 Å². The van der Waals surface area contributed by atoms with Crippen LogP contribution in [0.4, 0.5) is 5.13 Å². The molecule has 6 nitrogen and oxygen atoms in total. The number of nitrogens with zero attached hydrogens (tertiary/aromatic N) is 2. The Morgan fingerprint density at radius 3 is 2.56 bits per heavy atom. The molecule has 9 heteroatoms. The van der Waals surface area contributed by atoms with E-state index in [1.54, 1.807) is 24.3 Å². The molecule has 4 aromatic rings. The number of anilines is 1. The van der Waals surface area contributed by atoms with Crippen molar-refractivity contribution in [2.24, 2.45) is 0 Å². The quantitative estimate of drug-likeness (QED) is 0.358. The molecule has 0 aliphatic rings. The Labute approximate surface area is 208 Å². The van der Waals surface area contributed by atoms with Crippen molar-refractivity contribution in [2.45, 2.75) is 44.0 Å². The van der Waals surface area contributed by atoms with E-state index in [1.165, 1.54) is 17.6 Å². The summed E-state index contributed by atoms with van der Waals surface area (Å²) in [5.74, 6) is -0.176. The first-order chi connectivity index (χ1) is 15.9. The average molecular weight is 516 g/mol.